The van der Waals surface area contributed by atoms with Gasteiger partial charge >= 0.3 is 0 Å². The van der Waals surface area contributed by atoms with Crippen molar-refractivity contribution >= 4 is 17.8 Å². The van der Waals surface area contributed by atoms with Gasteiger partial charge < -0.3 is 4.74 Å². The lowest BCUT2D eigenvalue weighted by atomic mass is 10.2. The monoisotopic (exact) mass is 322 g/mol. The molecule has 0 saturated heterocycles. The predicted octanol–water partition coefficient (Wildman–Crippen LogP) is 2.72. The summed E-state index contributed by atoms with van der Waals surface area (Å²) < 4.78 is 6.86. The third-order valence-corrected chi connectivity index (χ3v) is 3.67. The van der Waals surface area contributed by atoms with Crippen LogP contribution >= 0.6 is 0 Å². The fourth-order valence-electron chi connectivity index (χ4n) is 2.45. The third kappa shape index (κ3) is 3.12. The number of nitrogens with one attached hydrogen (secondary N) is 1. The molecule has 0 unspecified atom stereocenters. The summed E-state index contributed by atoms with van der Waals surface area (Å²) in [7, 11) is 1.61. The number of benzene rings is 1. The molecule has 0 bridgehead atoms. The highest BCUT2D eigenvalue weighted by Crippen LogP contribution is 2.13. The Kier molecular flexibility index (Phi) is 4.29. The molecule has 122 valence electrons. The number of rotatable bonds is 4. The number of methoxy groups -OCH3 is 1. The van der Waals surface area contributed by atoms with Crippen molar-refractivity contribution in [2.45, 2.75) is 13.8 Å². The second kappa shape index (κ2) is 6.54. The maximum absolute atomic E-state index is 12.4. The molecule has 0 aliphatic carbocycles. The van der Waals surface area contributed by atoms with E-state index in [1.807, 2.05) is 56.4 Å². The summed E-state index contributed by atoms with van der Waals surface area (Å²) in [5.41, 5.74) is 6.40. The number of ether oxygens (including phenoxy) is 1. The number of fused-ring (bicyclic) bond motifs is 1. The van der Waals surface area contributed by atoms with Crippen molar-refractivity contribution in [3.8, 4) is 5.75 Å². The molecule has 3 rings (SSSR count). The van der Waals surface area contributed by atoms with Crippen LogP contribution in [0.25, 0.3) is 5.65 Å². The van der Waals surface area contributed by atoms with Crippen LogP contribution in [0.5, 0.6) is 5.75 Å². The summed E-state index contributed by atoms with van der Waals surface area (Å²) in [4.78, 5) is 16.8. The van der Waals surface area contributed by atoms with Gasteiger partial charge in [-0.15, -0.1) is 0 Å². The van der Waals surface area contributed by atoms with Crippen LogP contribution in [-0.4, -0.2) is 28.6 Å². The number of amides is 1. The Morgan fingerprint density at radius 3 is 2.71 bits per heavy atom. The van der Waals surface area contributed by atoms with Crippen molar-refractivity contribution in [2.24, 2.45) is 5.10 Å². The van der Waals surface area contributed by atoms with Crippen LogP contribution in [0.15, 0.2) is 47.7 Å². The Morgan fingerprint density at radius 1 is 1.25 bits per heavy atom. The summed E-state index contributed by atoms with van der Waals surface area (Å²) in [6, 6.07) is 11.3. The number of hydrogen-bond acceptors (Lipinski definition) is 4. The van der Waals surface area contributed by atoms with E-state index in [-0.39, 0.29) is 5.91 Å². The standard InChI is InChI=1S/C18H18N4O2/c1-12-8-9-22-16(10-12)20-13(2)17(22)18(23)21-19-11-14-4-6-15(24-3)7-5-14/h4-11H,1-3H3,(H,21,23)/b19-11+. The number of imidazole rings is 1. The zero-order valence-corrected chi connectivity index (χ0v) is 13.8. The van der Waals surface area contributed by atoms with E-state index in [4.69, 9.17) is 4.74 Å². The minimum absolute atomic E-state index is 0.298. The molecule has 1 amide bonds. The van der Waals surface area contributed by atoms with E-state index in [0.717, 1.165) is 22.5 Å². The molecule has 1 aromatic carbocycles. The quantitative estimate of drug-likeness (QED) is 0.593. The molecule has 0 saturated carbocycles. The summed E-state index contributed by atoms with van der Waals surface area (Å²) in [5, 5.41) is 4.01. The first-order chi connectivity index (χ1) is 11.6. The second-order valence-corrected chi connectivity index (χ2v) is 5.45. The number of aromatic nitrogens is 2. The van der Waals surface area contributed by atoms with Gasteiger partial charge in [-0.2, -0.15) is 5.10 Å². The van der Waals surface area contributed by atoms with Gasteiger partial charge in [0.1, 0.15) is 17.1 Å². The number of hydrazone groups is 1. The number of pyridine rings is 1. The molecule has 3 aromatic rings. The molecular weight excluding hydrogens is 304 g/mol. The molecule has 0 atom stereocenters. The molecule has 24 heavy (non-hydrogen) atoms. The lowest BCUT2D eigenvalue weighted by Crippen LogP contribution is -2.20. The van der Waals surface area contributed by atoms with Gasteiger partial charge in [-0.05, 0) is 61.4 Å². The second-order valence-electron chi connectivity index (χ2n) is 5.45. The van der Waals surface area contributed by atoms with Crippen molar-refractivity contribution in [1.82, 2.24) is 14.8 Å². The van der Waals surface area contributed by atoms with Crippen LogP contribution < -0.4 is 10.2 Å². The molecule has 0 fully saturated rings. The zero-order chi connectivity index (χ0) is 17.1. The topological polar surface area (TPSA) is 68.0 Å². The van der Waals surface area contributed by atoms with Gasteiger partial charge in [0, 0.05) is 6.20 Å². The fourth-order valence-corrected chi connectivity index (χ4v) is 2.45. The fraction of sp³-hybridized carbons (Fsp3) is 0.167. The van der Waals surface area contributed by atoms with Gasteiger partial charge in [0.15, 0.2) is 0 Å². The van der Waals surface area contributed by atoms with Crippen molar-refractivity contribution in [3.05, 3.63) is 65.1 Å². The van der Waals surface area contributed by atoms with Crippen molar-refractivity contribution < 1.29 is 9.53 Å². The molecular formula is C18H18N4O2. The zero-order valence-electron chi connectivity index (χ0n) is 13.8. The first-order valence-electron chi connectivity index (χ1n) is 7.51. The smallest absolute Gasteiger partial charge is 0.290 e. The molecule has 6 heteroatoms. The van der Waals surface area contributed by atoms with E-state index in [0.29, 0.717) is 11.4 Å². The SMILES string of the molecule is COc1ccc(/C=N/NC(=O)c2c(C)nc3cc(C)ccn23)cc1. The third-order valence-electron chi connectivity index (χ3n) is 3.67. The number of nitrogens with zero attached hydrogens (tertiary/aromatic N) is 3. The normalized spacial score (nSPS) is 11.1. The molecule has 0 spiro atoms. The van der Waals surface area contributed by atoms with Crippen LogP contribution in [0.2, 0.25) is 0 Å². The van der Waals surface area contributed by atoms with Gasteiger partial charge in [-0.3, -0.25) is 9.20 Å². The molecule has 2 aromatic heterocycles. The minimum Gasteiger partial charge on any atom is -0.497 e. The van der Waals surface area contributed by atoms with Crippen LogP contribution in [0.4, 0.5) is 0 Å². The number of hydrogen-bond donors (Lipinski definition) is 1. The maximum Gasteiger partial charge on any atom is 0.290 e. The molecule has 6 nitrogen and oxygen atoms in total. The lowest BCUT2D eigenvalue weighted by molar-refractivity contribution is 0.0948. The van der Waals surface area contributed by atoms with E-state index in [1.165, 1.54) is 0 Å². The van der Waals surface area contributed by atoms with E-state index in [1.54, 1.807) is 17.7 Å². The van der Waals surface area contributed by atoms with E-state index >= 15 is 0 Å². The lowest BCUT2D eigenvalue weighted by Gasteiger charge is -2.02. The molecule has 0 radical (unpaired) electrons. The van der Waals surface area contributed by atoms with Crippen molar-refractivity contribution in [3.63, 3.8) is 0 Å². The average molecular weight is 322 g/mol. The first-order valence-corrected chi connectivity index (χ1v) is 7.51. The first kappa shape index (κ1) is 15.7. The predicted molar refractivity (Wildman–Crippen MR) is 92.7 cm³/mol. The van der Waals surface area contributed by atoms with Crippen LogP contribution in [0.1, 0.15) is 27.3 Å². The van der Waals surface area contributed by atoms with Gasteiger partial charge in [0.25, 0.3) is 5.91 Å². The Morgan fingerprint density at radius 2 is 2.00 bits per heavy atom. The van der Waals surface area contributed by atoms with Gasteiger partial charge in [-0.25, -0.2) is 10.4 Å². The Hall–Kier alpha value is -3.15. The Labute approximate surface area is 139 Å². The van der Waals surface area contributed by atoms with Crippen LogP contribution in [0, 0.1) is 13.8 Å². The van der Waals surface area contributed by atoms with Crippen molar-refractivity contribution in [1.29, 1.82) is 0 Å². The van der Waals surface area contributed by atoms with E-state index in [2.05, 4.69) is 15.5 Å². The summed E-state index contributed by atoms with van der Waals surface area (Å²) in [6.07, 6.45) is 3.42. The van der Waals surface area contributed by atoms with E-state index < -0.39 is 0 Å². The van der Waals surface area contributed by atoms with Crippen LogP contribution in [-0.2, 0) is 0 Å². The molecule has 0 aliphatic heterocycles. The summed E-state index contributed by atoms with van der Waals surface area (Å²) >= 11 is 0. The molecule has 0 aliphatic rings. The summed E-state index contributed by atoms with van der Waals surface area (Å²) in [6.45, 7) is 3.80. The number of carbonyl (C=O) groups is 1. The Balaban J connectivity index is 1.77. The highest BCUT2D eigenvalue weighted by molar-refractivity contribution is 5.95. The van der Waals surface area contributed by atoms with E-state index in [9.17, 15) is 4.79 Å². The van der Waals surface area contributed by atoms with Gasteiger partial charge in [-0.1, -0.05) is 0 Å². The summed E-state index contributed by atoms with van der Waals surface area (Å²) in [5.74, 6) is 0.474. The number of aryl methyl sites for hydroxylation is 2. The average Bonchev–Trinajstić information content (AvgIpc) is 2.90. The largest absolute Gasteiger partial charge is 0.497 e. The Bertz CT molecular complexity index is 911. The highest BCUT2D eigenvalue weighted by Gasteiger charge is 2.15. The van der Waals surface area contributed by atoms with Gasteiger partial charge in [0.2, 0.25) is 0 Å². The maximum atomic E-state index is 12.4. The highest BCUT2D eigenvalue weighted by atomic mass is 16.5. The molecule has 2 heterocycles. The van der Waals surface area contributed by atoms with Crippen LogP contribution in [0.3, 0.4) is 0 Å². The van der Waals surface area contributed by atoms with Crippen molar-refractivity contribution in [2.75, 3.05) is 7.11 Å². The minimum atomic E-state index is -0.298. The van der Waals surface area contributed by atoms with Gasteiger partial charge in [0.05, 0.1) is 19.0 Å². The number of carbonyl (C=O) groups excluding carboxylic acids is 1. The molecule has 1 N–H and O–H groups in total.